The zero-order chi connectivity index (χ0) is 16.6. The molecule has 0 radical (unpaired) electrons. The Morgan fingerprint density at radius 2 is 1.70 bits per heavy atom. The van der Waals surface area contributed by atoms with Crippen molar-refractivity contribution in [2.75, 3.05) is 0 Å². The average Bonchev–Trinajstić information content (AvgIpc) is 3.14. The molecule has 23 heavy (non-hydrogen) atoms. The van der Waals surface area contributed by atoms with Gasteiger partial charge in [0.2, 0.25) is 0 Å². The molecule has 0 saturated carbocycles. The number of H-pyrrole nitrogens is 2. The van der Waals surface area contributed by atoms with E-state index in [1.807, 2.05) is 24.4 Å². The molecule has 0 bridgehead atoms. The summed E-state index contributed by atoms with van der Waals surface area (Å²) in [6, 6.07) is 12.4. The fourth-order valence-corrected chi connectivity index (χ4v) is 3.43. The van der Waals surface area contributed by atoms with E-state index in [9.17, 15) is 4.79 Å². The fraction of sp³-hybridized carbons (Fsp3) is 0.250. The lowest BCUT2D eigenvalue weighted by Gasteiger charge is -2.21. The van der Waals surface area contributed by atoms with Crippen LogP contribution in [0.1, 0.15) is 57.0 Å². The summed E-state index contributed by atoms with van der Waals surface area (Å²) in [5.41, 5.74) is 7.89. The molecule has 3 heteroatoms. The van der Waals surface area contributed by atoms with Gasteiger partial charge in [-0.15, -0.1) is 0 Å². The molecule has 3 rings (SSSR count). The van der Waals surface area contributed by atoms with Crippen molar-refractivity contribution in [3.05, 3.63) is 81.9 Å². The number of aromatic nitrogens is 2. The number of ketones is 1. The van der Waals surface area contributed by atoms with Crippen molar-refractivity contribution in [2.24, 2.45) is 0 Å². The van der Waals surface area contributed by atoms with Crippen LogP contribution in [0.4, 0.5) is 0 Å². The lowest BCUT2D eigenvalue weighted by Crippen LogP contribution is -2.09. The van der Waals surface area contributed by atoms with Crippen LogP contribution in [0.3, 0.4) is 0 Å². The molecule has 0 amide bonds. The number of hydrogen-bond acceptors (Lipinski definition) is 1. The number of benzene rings is 1. The number of aryl methyl sites for hydroxylation is 3. The second kappa shape index (κ2) is 5.92. The first kappa shape index (κ1) is 15.3. The van der Waals surface area contributed by atoms with Gasteiger partial charge in [0.1, 0.15) is 0 Å². The zero-order valence-corrected chi connectivity index (χ0v) is 14.0. The number of nitrogens with one attached hydrogen (secondary N) is 2. The van der Waals surface area contributed by atoms with Crippen molar-refractivity contribution in [3.8, 4) is 0 Å². The van der Waals surface area contributed by atoms with Crippen LogP contribution in [0.15, 0.2) is 42.6 Å². The first-order valence-corrected chi connectivity index (χ1v) is 7.88. The quantitative estimate of drug-likeness (QED) is 0.677. The van der Waals surface area contributed by atoms with Gasteiger partial charge in [-0.1, -0.05) is 17.7 Å². The largest absolute Gasteiger partial charge is 0.364 e. The molecule has 0 aliphatic rings. The summed E-state index contributed by atoms with van der Waals surface area (Å²) >= 11 is 0. The van der Waals surface area contributed by atoms with E-state index in [-0.39, 0.29) is 11.7 Å². The molecule has 0 spiro atoms. The van der Waals surface area contributed by atoms with Crippen molar-refractivity contribution in [1.29, 1.82) is 0 Å². The predicted molar refractivity (Wildman–Crippen MR) is 93.2 cm³/mol. The number of rotatable bonds is 4. The van der Waals surface area contributed by atoms with Gasteiger partial charge >= 0.3 is 0 Å². The van der Waals surface area contributed by atoms with Gasteiger partial charge in [-0.25, -0.2) is 0 Å². The van der Waals surface area contributed by atoms with E-state index >= 15 is 0 Å². The van der Waals surface area contributed by atoms with Crippen molar-refractivity contribution >= 4 is 5.78 Å². The van der Waals surface area contributed by atoms with Crippen molar-refractivity contribution in [1.82, 2.24) is 9.97 Å². The van der Waals surface area contributed by atoms with Gasteiger partial charge in [0, 0.05) is 24.5 Å². The molecule has 1 aromatic carbocycles. The molecule has 1 atom stereocenters. The molecule has 118 valence electrons. The normalized spacial score (nSPS) is 12.3. The van der Waals surface area contributed by atoms with Crippen molar-refractivity contribution in [2.45, 2.75) is 33.6 Å². The Balaban J connectivity index is 2.19. The van der Waals surface area contributed by atoms with E-state index in [4.69, 9.17) is 0 Å². The van der Waals surface area contributed by atoms with E-state index in [2.05, 4.69) is 48.9 Å². The molecule has 2 heterocycles. The Morgan fingerprint density at radius 1 is 1.00 bits per heavy atom. The highest BCUT2D eigenvalue weighted by Gasteiger charge is 2.23. The fourth-order valence-electron chi connectivity index (χ4n) is 3.43. The number of Topliss-reactive ketones (excluding diaryl/α,β-unsaturated/α-hetero) is 1. The first-order chi connectivity index (χ1) is 11.0. The molecular weight excluding hydrogens is 284 g/mol. The van der Waals surface area contributed by atoms with Crippen molar-refractivity contribution in [3.63, 3.8) is 0 Å². The highest BCUT2D eigenvalue weighted by molar-refractivity contribution is 5.92. The summed E-state index contributed by atoms with van der Waals surface area (Å²) in [7, 11) is 0. The van der Waals surface area contributed by atoms with Crippen LogP contribution in [-0.4, -0.2) is 15.8 Å². The van der Waals surface area contributed by atoms with Gasteiger partial charge in [0.15, 0.2) is 5.78 Å². The molecule has 0 aliphatic heterocycles. The van der Waals surface area contributed by atoms with Crippen LogP contribution in [0.2, 0.25) is 0 Å². The maximum Gasteiger partial charge on any atom is 0.175 e. The average molecular weight is 306 g/mol. The summed E-state index contributed by atoms with van der Waals surface area (Å²) in [5.74, 6) is 0.123. The summed E-state index contributed by atoms with van der Waals surface area (Å²) in [6.45, 7) is 8.01. The van der Waals surface area contributed by atoms with Gasteiger partial charge in [-0.2, -0.15) is 0 Å². The topological polar surface area (TPSA) is 48.6 Å². The second-order valence-corrected chi connectivity index (χ2v) is 6.25. The van der Waals surface area contributed by atoms with E-state index in [1.165, 1.54) is 22.3 Å². The van der Waals surface area contributed by atoms with E-state index in [0.717, 1.165) is 11.4 Å². The predicted octanol–water partition coefficient (Wildman–Crippen LogP) is 4.65. The number of aromatic amines is 2. The van der Waals surface area contributed by atoms with Crippen LogP contribution in [0.25, 0.3) is 0 Å². The van der Waals surface area contributed by atoms with Gasteiger partial charge in [0.05, 0.1) is 11.6 Å². The number of carbonyl (C=O) groups is 1. The van der Waals surface area contributed by atoms with E-state index in [0.29, 0.717) is 5.69 Å². The minimum atomic E-state index is 0.0545. The summed E-state index contributed by atoms with van der Waals surface area (Å²) < 4.78 is 0. The minimum absolute atomic E-state index is 0.0545. The minimum Gasteiger partial charge on any atom is -0.364 e. The van der Waals surface area contributed by atoms with Gasteiger partial charge in [-0.05, 0) is 61.7 Å². The number of hydrogen-bond donors (Lipinski definition) is 2. The lowest BCUT2D eigenvalue weighted by atomic mass is 9.85. The Kier molecular flexibility index (Phi) is 3.95. The molecule has 0 aliphatic carbocycles. The van der Waals surface area contributed by atoms with Gasteiger partial charge in [0.25, 0.3) is 0 Å². The van der Waals surface area contributed by atoms with Gasteiger partial charge < -0.3 is 9.97 Å². The zero-order valence-electron chi connectivity index (χ0n) is 14.0. The number of carbonyl (C=O) groups excluding carboxylic acids is 1. The molecule has 3 nitrogen and oxygen atoms in total. The van der Waals surface area contributed by atoms with Gasteiger partial charge in [-0.3, -0.25) is 4.79 Å². The Bertz CT molecular complexity index is 817. The summed E-state index contributed by atoms with van der Waals surface area (Å²) in [4.78, 5) is 18.3. The van der Waals surface area contributed by atoms with Crippen molar-refractivity contribution < 1.29 is 4.79 Å². The van der Waals surface area contributed by atoms with Crippen LogP contribution in [0, 0.1) is 20.8 Å². The Hall–Kier alpha value is -2.55. The third kappa shape index (κ3) is 2.87. The summed E-state index contributed by atoms with van der Waals surface area (Å²) in [6.07, 6.45) is 1.94. The smallest absolute Gasteiger partial charge is 0.175 e. The molecule has 0 fully saturated rings. The highest BCUT2D eigenvalue weighted by Crippen LogP contribution is 2.35. The maximum atomic E-state index is 11.6. The maximum absolute atomic E-state index is 11.6. The standard InChI is InChI=1S/C20H22N2O/c1-12-10-13(2)19(14(3)11-12)20(17-6-5-9-21-17)18-8-7-16(22-18)15(4)23/h5-11,20-22H,1-4H3. The third-order valence-electron chi connectivity index (χ3n) is 4.36. The Morgan fingerprint density at radius 3 is 2.22 bits per heavy atom. The third-order valence-corrected chi connectivity index (χ3v) is 4.36. The van der Waals surface area contributed by atoms with Crippen LogP contribution in [-0.2, 0) is 0 Å². The first-order valence-electron chi connectivity index (χ1n) is 7.88. The second-order valence-electron chi connectivity index (χ2n) is 6.25. The highest BCUT2D eigenvalue weighted by atomic mass is 16.1. The van der Waals surface area contributed by atoms with Crippen LogP contribution >= 0.6 is 0 Å². The molecule has 1 unspecified atom stereocenters. The molecule has 2 N–H and O–H groups in total. The molecule has 0 saturated heterocycles. The Labute approximate surface area is 136 Å². The lowest BCUT2D eigenvalue weighted by molar-refractivity contribution is 0.101. The SMILES string of the molecule is CC(=O)c1ccc(C(c2ccc[nH]2)c2c(C)cc(C)cc2C)[nH]1. The molecular formula is C20H22N2O. The molecule has 2 aromatic heterocycles. The monoisotopic (exact) mass is 306 g/mol. The molecule has 3 aromatic rings. The van der Waals surface area contributed by atoms with E-state index < -0.39 is 0 Å². The van der Waals surface area contributed by atoms with Crippen LogP contribution in [0.5, 0.6) is 0 Å². The van der Waals surface area contributed by atoms with Crippen LogP contribution < -0.4 is 0 Å². The van der Waals surface area contributed by atoms with E-state index in [1.54, 1.807) is 6.92 Å². The summed E-state index contributed by atoms with van der Waals surface area (Å²) in [5, 5.41) is 0.